The average Bonchev–Trinajstić information content (AvgIpc) is 2.30. The number of benzene rings is 1. The van der Waals surface area contributed by atoms with Crippen molar-refractivity contribution in [1.82, 2.24) is 4.98 Å². The summed E-state index contributed by atoms with van der Waals surface area (Å²) >= 11 is 4.08. The van der Waals surface area contributed by atoms with E-state index in [1.54, 1.807) is 6.20 Å². The minimum Gasteiger partial charge on any atom is -0.506 e. The van der Waals surface area contributed by atoms with Crippen molar-refractivity contribution in [3.05, 3.63) is 42.6 Å². The Bertz CT molecular complexity index is 459. The molecule has 0 aliphatic rings. The summed E-state index contributed by atoms with van der Waals surface area (Å²) in [5, 5.41) is 9.93. The number of nitrogens with zero attached hydrogens (tertiary/aromatic N) is 1. The molecule has 0 saturated carbocycles. The fourth-order valence-electron chi connectivity index (χ4n) is 1.32. The van der Waals surface area contributed by atoms with Crippen LogP contribution in [0.5, 0.6) is 5.75 Å². The lowest BCUT2D eigenvalue weighted by atomic mass is 10.1. The molecular weight excluding hydrogens is 226 g/mol. The number of thiol groups is 1. The zero-order chi connectivity index (χ0) is 10.7. The lowest BCUT2D eigenvalue weighted by Gasteiger charge is -2.06. The molecule has 2 rings (SSSR count). The van der Waals surface area contributed by atoms with Gasteiger partial charge in [0, 0.05) is 11.8 Å². The van der Waals surface area contributed by atoms with Crippen LogP contribution >= 0.6 is 22.5 Å². The average molecular weight is 235 g/mol. The Balaban J connectivity index is 2.54. The van der Waals surface area contributed by atoms with Gasteiger partial charge in [-0.2, -0.15) is 0 Å². The molecule has 0 bridgehead atoms. The molecule has 0 fully saturated rings. The molecule has 0 amide bonds. The second kappa shape index (κ2) is 4.59. The van der Waals surface area contributed by atoms with Gasteiger partial charge in [0.25, 0.3) is 0 Å². The molecule has 1 heterocycles. The van der Waals surface area contributed by atoms with Crippen LogP contribution in [-0.2, 0) is 0 Å². The van der Waals surface area contributed by atoms with Gasteiger partial charge < -0.3 is 5.11 Å². The lowest BCUT2D eigenvalue weighted by molar-refractivity contribution is 0.464. The van der Waals surface area contributed by atoms with Crippen molar-refractivity contribution in [2.45, 2.75) is 4.90 Å². The third-order valence-corrected chi connectivity index (χ3v) is 3.15. The molecule has 0 aliphatic heterocycles. The Kier molecular flexibility index (Phi) is 3.18. The maximum atomic E-state index is 9.93. The Morgan fingerprint density at radius 3 is 2.67 bits per heavy atom. The summed E-state index contributed by atoms with van der Waals surface area (Å²) in [6.45, 7) is 0. The first-order valence-electron chi connectivity index (χ1n) is 4.37. The lowest BCUT2D eigenvalue weighted by Crippen LogP contribution is -1.83. The van der Waals surface area contributed by atoms with Gasteiger partial charge in [-0.3, -0.25) is 4.98 Å². The van der Waals surface area contributed by atoms with Gasteiger partial charge in [0.1, 0.15) is 5.75 Å². The van der Waals surface area contributed by atoms with Gasteiger partial charge in [-0.25, -0.2) is 0 Å². The first-order valence-corrected chi connectivity index (χ1v) is 6.24. The topological polar surface area (TPSA) is 33.1 Å². The fourth-order valence-corrected chi connectivity index (χ4v) is 2.10. The molecule has 0 saturated heterocycles. The number of hydrogen-bond donors (Lipinski definition) is 2. The molecular formula is C11H9NOS2. The monoisotopic (exact) mass is 235 g/mol. The van der Waals surface area contributed by atoms with Crippen LogP contribution in [0.15, 0.2) is 47.5 Å². The number of aromatic hydroxyl groups is 1. The summed E-state index contributed by atoms with van der Waals surface area (Å²) in [5.74, 6) is 0.233. The molecule has 2 aromatic rings. The van der Waals surface area contributed by atoms with Crippen molar-refractivity contribution in [2.75, 3.05) is 0 Å². The zero-order valence-electron chi connectivity index (χ0n) is 7.79. The van der Waals surface area contributed by atoms with Crippen LogP contribution in [0.4, 0.5) is 0 Å². The molecule has 0 spiro atoms. The summed E-state index contributed by atoms with van der Waals surface area (Å²) in [4.78, 5) is 4.93. The van der Waals surface area contributed by atoms with Crippen molar-refractivity contribution in [3.63, 3.8) is 0 Å². The summed E-state index contributed by atoms with van der Waals surface area (Å²) in [6.07, 6.45) is 1.70. The van der Waals surface area contributed by atoms with E-state index >= 15 is 0 Å². The van der Waals surface area contributed by atoms with Crippen LogP contribution in [0.1, 0.15) is 0 Å². The maximum absolute atomic E-state index is 9.93. The molecule has 15 heavy (non-hydrogen) atoms. The third kappa shape index (κ3) is 2.11. The van der Waals surface area contributed by atoms with Crippen molar-refractivity contribution in [1.29, 1.82) is 0 Å². The summed E-state index contributed by atoms with van der Waals surface area (Å²) < 4.78 is 0. The van der Waals surface area contributed by atoms with Crippen LogP contribution in [0.2, 0.25) is 0 Å². The van der Waals surface area contributed by atoms with E-state index in [4.69, 9.17) is 0 Å². The second-order valence-corrected chi connectivity index (χ2v) is 4.13. The van der Waals surface area contributed by atoms with Crippen LogP contribution in [0.25, 0.3) is 11.3 Å². The van der Waals surface area contributed by atoms with Gasteiger partial charge in [-0.1, -0.05) is 22.9 Å². The number of rotatable bonds is 2. The quantitative estimate of drug-likeness (QED) is 0.618. The van der Waals surface area contributed by atoms with E-state index in [9.17, 15) is 5.11 Å². The van der Waals surface area contributed by atoms with E-state index in [0.717, 1.165) is 16.2 Å². The Hall–Kier alpha value is -1.13. The number of aromatic nitrogens is 1. The number of hydrogen-bond acceptors (Lipinski definition) is 4. The van der Waals surface area contributed by atoms with E-state index in [1.165, 1.54) is 10.8 Å². The van der Waals surface area contributed by atoms with Crippen LogP contribution in [0, 0.1) is 0 Å². The summed E-state index contributed by atoms with van der Waals surface area (Å²) in [7, 11) is 1.22. The zero-order valence-corrected chi connectivity index (χ0v) is 9.50. The predicted octanol–water partition coefficient (Wildman–Crippen LogP) is 3.39. The highest BCUT2D eigenvalue weighted by atomic mass is 33.1. The van der Waals surface area contributed by atoms with Crippen molar-refractivity contribution in [3.8, 4) is 17.0 Å². The molecule has 0 atom stereocenters. The standard InChI is InChI=1S/C11H9NOS2/c13-11-8(4-3-6-10(11)15-14)9-5-1-2-7-12-9/h1-7,13-14H. The van der Waals surface area contributed by atoms with Crippen molar-refractivity contribution in [2.24, 2.45) is 0 Å². The highest BCUT2D eigenvalue weighted by molar-refractivity contribution is 8.68. The maximum Gasteiger partial charge on any atom is 0.139 e. The number of pyridine rings is 1. The molecule has 0 unspecified atom stereocenters. The second-order valence-electron chi connectivity index (χ2n) is 2.96. The third-order valence-electron chi connectivity index (χ3n) is 2.04. The molecule has 2 nitrogen and oxygen atoms in total. The highest BCUT2D eigenvalue weighted by Crippen LogP contribution is 2.37. The van der Waals surface area contributed by atoms with E-state index in [-0.39, 0.29) is 5.75 Å². The Labute approximate surface area is 97.2 Å². The van der Waals surface area contributed by atoms with Gasteiger partial charge in [0.05, 0.1) is 10.6 Å². The smallest absolute Gasteiger partial charge is 0.139 e. The predicted molar refractivity (Wildman–Crippen MR) is 66.2 cm³/mol. The van der Waals surface area contributed by atoms with Crippen molar-refractivity contribution >= 4 is 22.5 Å². The number of phenols is 1. The minimum absolute atomic E-state index is 0.233. The summed E-state index contributed by atoms with van der Waals surface area (Å²) in [6, 6.07) is 11.1. The van der Waals surface area contributed by atoms with Gasteiger partial charge in [-0.05, 0) is 24.3 Å². The fraction of sp³-hybridized carbons (Fsp3) is 0. The van der Waals surface area contributed by atoms with Gasteiger partial charge >= 0.3 is 0 Å². The molecule has 1 aromatic heterocycles. The number of para-hydroxylation sites is 1. The largest absolute Gasteiger partial charge is 0.506 e. The van der Waals surface area contributed by atoms with Crippen LogP contribution < -0.4 is 0 Å². The van der Waals surface area contributed by atoms with E-state index < -0.39 is 0 Å². The molecule has 1 aromatic carbocycles. The molecule has 0 aliphatic carbocycles. The van der Waals surface area contributed by atoms with Gasteiger partial charge in [0.15, 0.2) is 0 Å². The first kappa shape index (κ1) is 10.4. The van der Waals surface area contributed by atoms with E-state index in [0.29, 0.717) is 0 Å². The molecule has 1 N–H and O–H groups in total. The molecule has 4 heteroatoms. The summed E-state index contributed by atoms with van der Waals surface area (Å²) in [5.41, 5.74) is 1.49. The van der Waals surface area contributed by atoms with Gasteiger partial charge in [-0.15, -0.1) is 11.7 Å². The van der Waals surface area contributed by atoms with E-state index in [2.05, 4.69) is 16.6 Å². The van der Waals surface area contributed by atoms with Gasteiger partial charge in [0.2, 0.25) is 0 Å². The molecule has 76 valence electrons. The van der Waals surface area contributed by atoms with Crippen molar-refractivity contribution < 1.29 is 5.11 Å². The minimum atomic E-state index is 0.233. The normalized spacial score (nSPS) is 10.2. The Morgan fingerprint density at radius 2 is 2.00 bits per heavy atom. The van der Waals surface area contributed by atoms with E-state index in [1.807, 2.05) is 36.4 Å². The molecule has 0 radical (unpaired) electrons. The SMILES string of the molecule is Oc1c(SS)cccc1-c1ccccn1. The first-order chi connectivity index (χ1) is 7.33. The Morgan fingerprint density at radius 1 is 1.13 bits per heavy atom. The highest BCUT2D eigenvalue weighted by Gasteiger charge is 2.08. The van der Waals surface area contributed by atoms with Crippen LogP contribution in [-0.4, -0.2) is 10.1 Å². The van der Waals surface area contributed by atoms with Crippen LogP contribution in [0.3, 0.4) is 0 Å². The number of phenolic OH excluding ortho intramolecular Hbond substituents is 1.